The van der Waals surface area contributed by atoms with Gasteiger partial charge in [0, 0.05) is 25.8 Å². The molecule has 0 aromatic carbocycles. The Morgan fingerprint density at radius 2 is 2.20 bits per heavy atom. The first-order valence-corrected chi connectivity index (χ1v) is 7.65. The van der Waals surface area contributed by atoms with E-state index in [9.17, 15) is 4.79 Å². The van der Waals surface area contributed by atoms with Crippen molar-refractivity contribution in [1.82, 2.24) is 14.7 Å². The monoisotopic (exact) mass is 299 g/mol. The van der Waals surface area contributed by atoms with Gasteiger partial charge in [-0.1, -0.05) is 20.8 Å². The van der Waals surface area contributed by atoms with E-state index >= 15 is 0 Å². The van der Waals surface area contributed by atoms with Crippen molar-refractivity contribution in [3.63, 3.8) is 0 Å². The van der Waals surface area contributed by atoms with Gasteiger partial charge in [-0.2, -0.15) is 5.10 Å². The summed E-state index contributed by atoms with van der Waals surface area (Å²) in [4.78, 5) is 14.0. The largest absolute Gasteiger partial charge is 0.338 e. The molecular weight excluding hydrogens is 274 g/mol. The molecule has 0 saturated carbocycles. The molecule has 0 fully saturated rings. The standard InChI is InChI=1S/C15H26ClN3O/c1-6-15(3,4)11-19(14(20)8-16)12(2)7-13-9-17-18(5)10-13/h9-10,12H,6-8,11H2,1-5H3. The molecule has 1 atom stereocenters. The molecule has 1 aromatic rings. The summed E-state index contributed by atoms with van der Waals surface area (Å²) in [6.45, 7) is 9.31. The number of aryl methyl sites for hydroxylation is 1. The van der Waals surface area contributed by atoms with Gasteiger partial charge in [0.2, 0.25) is 5.91 Å². The van der Waals surface area contributed by atoms with Crippen LogP contribution in [0.1, 0.15) is 39.7 Å². The van der Waals surface area contributed by atoms with Gasteiger partial charge in [0.1, 0.15) is 5.88 Å². The van der Waals surface area contributed by atoms with E-state index < -0.39 is 0 Å². The van der Waals surface area contributed by atoms with Gasteiger partial charge in [0.25, 0.3) is 0 Å². The fourth-order valence-electron chi connectivity index (χ4n) is 2.17. The third-order valence-electron chi connectivity index (χ3n) is 3.81. The summed E-state index contributed by atoms with van der Waals surface area (Å²) < 4.78 is 1.78. The predicted octanol–water partition coefficient (Wildman–Crippen LogP) is 2.85. The second-order valence-corrected chi connectivity index (χ2v) is 6.52. The number of rotatable bonds is 7. The lowest BCUT2D eigenvalue weighted by Crippen LogP contribution is -2.45. The summed E-state index contributed by atoms with van der Waals surface area (Å²) in [6, 6.07) is 0.122. The Hall–Kier alpha value is -1.03. The van der Waals surface area contributed by atoms with Crippen molar-refractivity contribution in [2.45, 2.75) is 46.6 Å². The second kappa shape index (κ2) is 7.11. The van der Waals surface area contributed by atoms with Crippen molar-refractivity contribution in [1.29, 1.82) is 0 Å². The normalized spacial score (nSPS) is 13.3. The Bertz CT molecular complexity index is 442. The van der Waals surface area contributed by atoms with Crippen LogP contribution in [0.2, 0.25) is 0 Å². The molecule has 0 saturated heterocycles. The van der Waals surface area contributed by atoms with Crippen LogP contribution in [0.3, 0.4) is 0 Å². The molecule has 1 rings (SSSR count). The van der Waals surface area contributed by atoms with Crippen LogP contribution >= 0.6 is 11.6 Å². The van der Waals surface area contributed by atoms with Crippen LogP contribution in [-0.4, -0.2) is 39.1 Å². The first-order chi connectivity index (χ1) is 9.29. The molecule has 0 spiro atoms. The van der Waals surface area contributed by atoms with Gasteiger partial charge >= 0.3 is 0 Å². The van der Waals surface area contributed by atoms with Crippen LogP contribution in [0.15, 0.2) is 12.4 Å². The van der Waals surface area contributed by atoms with Crippen molar-refractivity contribution in [3.05, 3.63) is 18.0 Å². The van der Waals surface area contributed by atoms with E-state index in [0.717, 1.165) is 24.9 Å². The third kappa shape index (κ3) is 4.82. The molecule has 1 unspecified atom stereocenters. The first kappa shape index (κ1) is 17.0. The quantitative estimate of drug-likeness (QED) is 0.726. The molecule has 1 heterocycles. The summed E-state index contributed by atoms with van der Waals surface area (Å²) in [5.74, 6) is 0.0431. The minimum absolute atomic E-state index is 0.00424. The highest BCUT2D eigenvalue weighted by Gasteiger charge is 2.26. The number of nitrogens with zero attached hydrogens (tertiary/aromatic N) is 3. The first-order valence-electron chi connectivity index (χ1n) is 7.12. The predicted molar refractivity (Wildman–Crippen MR) is 82.9 cm³/mol. The van der Waals surface area contributed by atoms with Crippen LogP contribution in [0.4, 0.5) is 0 Å². The topological polar surface area (TPSA) is 38.1 Å². The van der Waals surface area contributed by atoms with Crippen molar-refractivity contribution in [2.75, 3.05) is 12.4 Å². The van der Waals surface area contributed by atoms with Crippen LogP contribution < -0.4 is 0 Å². The molecule has 4 nitrogen and oxygen atoms in total. The van der Waals surface area contributed by atoms with E-state index in [0.29, 0.717) is 0 Å². The van der Waals surface area contributed by atoms with E-state index in [-0.39, 0.29) is 23.2 Å². The molecule has 0 aliphatic carbocycles. The number of halogens is 1. The SMILES string of the molecule is CCC(C)(C)CN(C(=O)CCl)C(C)Cc1cnn(C)c1. The van der Waals surface area contributed by atoms with Crippen molar-refractivity contribution < 1.29 is 4.79 Å². The fraction of sp³-hybridized carbons (Fsp3) is 0.733. The van der Waals surface area contributed by atoms with Gasteiger partial charge in [-0.3, -0.25) is 9.48 Å². The number of alkyl halides is 1. The minimum atomic E-state index is 0.00424. The van der Waals surface area contributed by atoms with Crippen LogP contribution in [0.25, 0.3) is 0 Å². The maximum Gasteiger partial charge on any atom is 0.237 e. The second-order valence-electron chi connectivity index (χ2n) is 6.25. The molecule has 20 heavy (non-hydrogen) atoms. The number of hydrogen-bond donors (Lipinski definition) is 0. The Morgan fingerprint density at radius 1 is 1.55 bits per heavy atom. The number of aromatic nitrogens is 2. The Morgan fingerprint density at radius 3 is 2.65 bits per heavy atom. The molecule has 0 aliphatic rings. The molecule has 1 aromatic heterocycles. The molecule has 1 amide bonds. The van der Waals surface area contributed by atoms with Crippen LogP contribution in [0, 0.1) is 5.41 Å². The molecule has 0 bridgehead atoms. The third-order valence-corrected chi connectivity index (χ3v) is 4.04. The van der Waals surface area contributed by atoms with E-state index in [4.69, 9.17) is 11.6 Å². The highest BCUT2D eigenvalue weighted by Crippen LogP contribution is 2.23. The molecule has 0 N–H and O–H groups in total. The smallest absolute Gasteiger partial charge is 0.237 e. The highest BCUT2D eigenvalue weighted by atomic mass is 35.5. The Balaban J connectivity index is 2.79. The van der Waals surface area contributed by atoms with Gasteiger partial charge in [-0.05, 0) is 30.7 Å². The number of hydrogen-bond acceptors (Lipinski definition) is 2. The summed E-state index contributed by atoms with van der Waals surface area (Å²) in [7, 11) is 1.90. The molecule has 114 valence electrons. The summed E-state index contributed by atoms with van der Waals surface area (Å²) >= 11 is 5.76. The number of amides is 1. The Labute approximate surface area is 127 Å². The maximum absolute atomic E-state index is 12.1. The zero-order valence-electron chi connectivity index (χ0n) is 13.2. The van der Waals surface area contributed by atoms with Gasteiger partial charge in [0.05, 0.1) is 6.20 Å². The van der Waals surface area contributed by atoms with Crippen molar-refractivity contribution in [2.24, 2.45) is 12.5 Å². The average Bonchev–Trinajstić information content (AvgIpc) is 2.80. The molecule has 0 radical (unpaired) electrons. The average molecular weight is 300 g/mol. The van der Waals surface area contributed by atoms with Crippen molar-refractivity contribution >= 4 is 17.5 Å². The summed E-state index contributed by atoms with van der Waals surface area (Å²) in [5.41, 5.74) is 1.24. The lowest BCUT2D eigenvalue weighted by Gasteiger charge is -2.36. The lowest BCUT2D eigenvalue weighted by atomic mass is 9.89. The zero-order chi connectivity index (χ0) is 15.3. The van der Waals surface area contributed by atoms with Crippen LogP contribution in [-0.2, 0) is 18.3 Å². The highest BCUT2D eigenvalue weighted by molar-refractivity contribution is 6.27. The van der Waals surface area contributed by atoms with Gasteiger partial charge < -0.3 is 4.90 Å². The van der Waals surface area contributed by atoms with Crippen LogP contribution in [0.5, 0.6) is 0 Å². The summed E-state index contributed by atoms with van der Waals surface area (Å²) in [6.07, 6.45) is 5.67. The van der Waals surface area contributed by atoms with Gasteiger partial charge in [0.15, 0.2) is 0 Å². The number of carbonyl (C=O) groups excluding carboxylic acids is 1. The lowest BCUT2D eigenvalue weighted by molar-refractivity contribution is -0.132. The maximum atomic E-state index is 12.1. The van der Waals surface area contributed by atoms with E-state index in [1.807, 2.05) is 24.3 Å². The van der Waals surface area contributed by atoms with Gasteiger partial charge in [-0.25, -0.2) is 0 Å². The van der Waals surface area contributed by atoms with E-state index in [1.54, 1.807) is 4.68 Å². The Kier molecular flexibility index (Phi) is 6.06. The molecular formula is C15H26ClN3O. The molecule has 0 aliphatic heterocycles. The molecule has 5 heteroatoms. The van der Waals surface area contributed by atoms with Crippen molar-refractivity contribution in [3.8, 4) is 0 Å². The zero-order valence-corrected chi connectivity index (χ0v) is 13.9. The number of carbonyl (C=O) groups is 1. The minimum Gasteiger partial charge on any atom is -0.338 e. The van der Waals surface area contributed by atoms with Gasteiger partial charge in [-0.15, -0.1) is 11.6 Å². The van der Waals surface area contributed by atoms with E-state index in [2.05, 4.69) is 32.8 Å². The van der Waals surface area contributed by atoms with E-state index in [1.165, 1.54) is 0 Å². The summed E-state index contributed by atoms with van der Waals surface area (Å²) in [5, 5.41) is 4.17. The fourth-order valence-corrected chi connectivity index (χ4v) is 2.32.